The summed E-state index contributed by atoms with van der Waals surface area (Å²) >= 11 is 0. The van der Waals surface area contributed by atoms with Crippen molar-refractivity contribution in [3.05, 3.63) is 65.6 Å². The van der Waals surface area contributed by atoms with E-state index >= 15 is 0 Å². The van der Waals surface area contributed by atoms with Gasteiger partial charge in [-0.3, -0.25) is 4.98 Å². The molecule has 4 rings (SSSR count). The highest BCUT2D eigenvalue weighted by atomic mass is 16.5. The van der Waals surface area contributed by atoms with Gasteiger partial charge >= 0.3 is 0 Å². The minimum atomic E-state index is 0.147. The molecule has 34 heavy (non-hydrogen) atoms. The maximum atomic E-state index is 6.02. The topological polar surface area (TPSA) is 123 Å². The SMILES string of the molecule is COCCOCc1cccc(Cn2cc(-c3cc(-c4cccc(C)c4OC)nc(N)n3)nn2)n1. The summed E-state index contributed by atoms with van der Waals surface area (Å²) in [5.74, 6) is 0.890. The first-order chi connectivity index (χ1) is 16.6. The summed E-state index contributed by atoms with van der Waals surface area (Å²) in [6.45, 7) is 3.93. The second-order valence-electron chi connectivity index (χ2n) is 7.62. The minimum Gasteiger partial charge on any atom is -0.496 e. The molecule has 0 aliphatic carbocycles. The molecule has 0 saturated carbocycles. The highest BCUT2D eigenvalue weighted by Crippen LogP contribution is 2.33. The number of aryl methyl sites for hydroxylation is 1. The summed E-state index contributed by atoms with van der Waals surface area (Å²) in [5.41, 5.74) is 11.4. The van der Waals surface area contributed by atoms with Crippen LogP contribution in [0.5, 0.6) is 5.75 Å². The Kier molecular flexibility index (Phi) is 7.41. The molecule has 0 aliphatic rings. The van der Waals surface area contributed by atoms with Crippen LogP contribution in [0.3, 0.4) is 0 Å². The fourth-order valence-corrected chi connectivity index (χ4v) is 3.54. The summed E-state index contributed by atoms with van der Waals surface area (Å²) in [6, 6.07) is 13.5. The lowest BCUT2D eigenvalue weighted by molar-refractivity contribution is 0.0601. The van der Waals surface area contributed by atoms with Gasteiger partial charge in [-0.1, -0.05) is 23.4 Å². The number of nitrogen functional groups attached to an aromatic ring is 1. The Hall–Kier alpha value is -3.89. The van der Waals surface area contributed by atoms with Crippen LogP contribution in [0.1, 0.15) is 17.0 Å². The summed E-state index contributed by atoms with van der Waals surface area (Å²) in [6.07, 6.45) is 1.81. The molecule has 176 valence electrons. The quantitative estimate of drug-likeness (QED) is 0.355. The van der Waals surface area contributed by atoms with E-state index in [1.165, 1.54) is 0 Å². The Labute approximate surface area is 197 Å². The van der Waals surface area contributed by atoms with Crippen LogP contribution in [-0.2, 0) is 22.6 Å². The molecule has 0 aliphatic heterocycles. The number of benzene rings is 1. The molecule has 0 saturated heterocycles. The van der Waals surface area contributed by atoms with Gasteiger partial charge < -0.3 is 19.9 Å². The number of nitrogens with two attached hydrogens (primary N) is 1. The molecular weight excluding hydrogens is 434 g/mol. The van der Waals surface area contributed by atoms with E-state index in [2.05, 4.69) is 25.3 Å². The highest BCUT2D eigenvalue weighted by Gasteiger charge is 2.15. The zero-order valence-electron chi connectivity index (χ0n) is 19.4. The first kappa shape index (κ1) is 23.3. The molecule has 0 spiro atoms. The van der Waals surface area contributed by atoms with Crippen molar-refractivity contribution in [1.29, 1.82) is 0 Å². The normalized spacial score (nSPS) is 11.0. The molecule has 0 unspecified atom stereocenters. The van der Waals surface area contributed by atoms with E-state index < -0.39 is 0 Å². The lowest BCUT2D eigenvalue weighted by Gasteiger charge is -2.11. The van der Waals surface area contributed by atoms with Gasteiger partial charge in [0.25, 0.3) is 0 Å². The van der Waals surface area contributed by atoms with Crippen LogP contribution < -0.4 is 10.5 Å². The van der Waals surface area contributed by atoms with Crippen LogP contribution in [0.2, 0.25) is 0 Å². The number of aromatic nitrogens is 6. The first-order valence-corrected chi connectivity index (χ1v) is 10.8. The minimum absolute atomic E-state index is 0.147. The zero-order chi connectivity index (χ0) is 23.9. The van der Waals surface area contributed by atoms with E-state index in [4.69, 9.17) is 19.9 Å². The van der Waals surface area contributed by atoms with Crippen LogP contribution in [0, 0.1) is 6.92 Å². The van der Waals surface area contributed by atoms with Crippen molar-refractivity contribution in [2.24, 2.45) is 0 Å². The standard InChI is InChI=1S/C24H27N7O3/c1-16-6-4-9-19(23(16)33-3)20-12-21(28-24(25)27-20)22-14-31(30-29-22)13-17-7-5-8-18(26-17)15-34-11-10-32-2/h4-9,12,14H,10-11,13,15H2,1-3H3,(H2,25,27,28). The van der Waals surface area contributed by atoms with Gasteiger partial charge in [0.2, 0.25) is 5.95 Å². The Morgan fingerprint density at radius 1 is 0.912 bits per heavy atom. The monoisotopic (exact) mass is 461 g/mol. The molecule has 0 fully saturated rings. The molecule has 2 N–H and O–H groups in total. The Morgan fingerprint density at radius 3 is 2.53 bits per heavy atom. The number of methoxy groups -OCH3 is 2. The van der Waals surface area contributed by atoms with Crippen LogP contribution in [0.25, 0.3) is 22.6 Å². The summed E-state index contributed by atoms with van der Waals surface area (Å²) < 4.78 is 17.8. The molecule has 0 bridgehead atoms. The number of ether oxygens (including phenoxy) is 3. The molecule has 10 nitrogen and oxygen atoms in total. The zero-order valence-corrected chi connectivity index (χ0v) is 19.4. The van der Waals surface area contributed by atoms with Crippen LogP contribution in [-0.4, -0.2) is 57.4 Å². The molecular formula is C24H27N7O3. The average molecular weight is 462 g/mol. The van der Waals surface area contributed by atoms with Gasteiger partial charge in [0.1, 0.15) is 11.4 Å². The summed E-state index contributed by atoms with van der Waals surface area (Å²) in [5, 5.41) is 8.52. The lowest BCUT2D eigenvalue weighted by atomic mass is 10.1. The maximum absolute atomic E-state index is 6.02. The van der Waals surface area contributed by atoms with Crippen molar-refractivity contribution in [2.45, 2.75) is 20.1 Å². The molecule has 0 radical (unpaired) electrons. The number of hydrogen-bond donors (Lipinski definition) is 1. The molecule has 4 aromatic rings. The van der Waals surface area contributed by atoms with Crippen molar-refractivity contribution in [2.75, 3.05) is 33.2 Å². The van der Waals surface area contributed by atoms with Crippen molar-refractivity contribution in [3.8, 4) is 28.4 Å². The van der Waals surface area contributed by atoms with E-state index in [0.29, 0.717) is 43.4 Å². The van der Waals surface area contributed by atoms with Gasteiger partial charge in [-0.2, -0.15) is 0 Å². The van der Waals surface area contributed by atoms with E-state index in [1.54, 1.807) is 18.9 Å². The predicted molar refractivity (Wildman–Crippen MR) is 127 cm³/mol. The number of nitrogens with zero attached hydrogens (tertiary/aromatic N) is 6. The molecule has 0 amide bonds. The van der Waals surface area contributed by atoms with Gasteiger partial charge in [-0.25, -0.2) is 14.6 Å². The molecule has 0 atom stereocenters. The number of rotatable bonds is 10. The van der Waals surface area contributed by atoms with E-state index in [1.807, 2.05) is 55.6 Å². The second-order valence-corrected chi connectivity index (χ2v) is 7.62. The van der Waals surface area contributed by atoms with Gasteiger partial charge in [-0.15, -0.1) is 5.10 Å². The Morgan fingerprint density at radius 2 is 1.71 bits per heavy atom. The van der Waals surface area contributed by atoms with E-state index in [-0.39, 0.29) is 5.95 Å². The fraction of sp³-hybridized carbons (Fsp3) is 0.292. The lowest BCUT2D eigenvalue weighted by Crippen LogP contribution is -2.06. The number of hydrogen-bond acceptors (Lipinski definition) is 9. The number of para-hydroxylation sites is 1. The third-order valence-corrected chi connectivity index (χ3v) is 5.11. The Bertz CT molecular complexity index is 1260. The first-order valence-electron chi connectivity index (χ1n) is 10.8. The molecule has 3 heterocycles. The Balaban J connectivity index is 1.54. The van der Waals surface area contributed by atoms with Gasteiger partial charge in [-0.05, 0) is 36.8 Å². The van der Waals surface area contributed by atoms with Gasteiger partial charge in [0, 0.05) is 12.7 Å². The maximum Gasteiger partial charge on any atom is 0.221 e. The van der Waals surface area contributed by atoms with Crippen molar-refractivity contribution in [3.63, 3.8) is 0 Å². The molecule has 3 aromatic heterocycles. The highest BCUT2D eigenvalue weighted by molar-refractivity contribution is 5.73. The largest absolute Gasteiger partial charge is 0.496 e. The smallest absolute Gasteiger partial charge is 0.221 e. The molecule has 10 heteroatoms. The number of pyridine rings is 1. The van der Waals surface area contributed by atoms with Crippen molar-refractivity contribution >= 4 is 5.95 Å². The second kappa shape index (κ2) is 10.8. The third-order valence-electron chi connectivity index (χ3n) is 5.11. The van der Waals surface area contributed by atoms with Gasteiger partial charge in [0.05, 0.1) is 62.4 Å². The van der Waals surface area contributed by atoms with E-state index in [9.17, 15) is 0 Å². The van der Waals surface area contributed by atoms with Crippen molar-refractivity contribution in [1.82, 2.24) is 29.9 Å². The van der Waals surface area contributed by atoms with Crippen LogP contribution >= 0.6 is 0 Å². The fourth-order valence-electron chi connectivity index (χ4n) is 3.54. The van der Waals surface area contributed by atoms with Crippen LogP contribution in [0.4, 0.5) is 5.95 Å². The summed E-state index contributed by atoms with van der Waals surface area (Å²) in [4.78, 5) is 13.4. The van der Waals surface area contributed by atoms with Crippen molar-refractivity contribution < 1.29 is 14.2 Å². The average Bonchev–Trinajstić information content (AvgIpc) is 3.30. The summed E-state index contributed by atoms with van der Waals surface area (Å²) in [7, 11) is 3.28. The molecule has 1 aromatic carbocycles. The van der Waals surface area contributed by atoms with Gasteiger partial charge in [0.15, 0.2) is 0 Å². The predicted octanol–water partition coefficient (Wildman–Crippen LogP) is 2.91. The number of anilines is 1. The van der Waals surface area contributed by atoms with Crippen LogP contribution in [0.15, 0.2) is 48.7 Å². The third kappa shape index (κ3) is 5.53. The van der Waals surface area contributed by atoms with E-state index in [0.717, 1.165) is 28.3 Å².